The normalized spacial score (nSPS) is 15.2. The zero-order chi connectivity index (χ0) is 10.1. The lowest BCUT2D eigenvalue weighted by molar-refractivity contribution is 0.0782. The van der Waals surface area contributed by atoms with E-state index in [-0.39, 0.29) is 11.7 Å². The van der Waals surface area contributed by atoms with Gasteiger partial charge >= 0.3 is 0 Å². The molecule has 4 nitrogen and oxygen atoms in total. The molecule has 1 N–H and O–H groups in total. The van der Waals surface area contributed by atoms with E-state index < -0.39 is 0 Å². The van der Waals surface area contributed by atoms with Gasteiger partial charge in [-0.3, -0.25) is 9.78 Å². The number of aromatic nitrogens is 1. The maximum Gasteiger partial charge on any atom is 0.257 e. The van der Waals surface area contributed by atoms with Gasteiger partial charge < -0.3 is 10.0 Å². The Bertz CT molecular complexity index is 361. The second-order valence-electron chi connectivity index (χ2n) is 3.54. The summed E-state index contributed by atoms with van der Waals surface area (Å²) in [5, 5.41) is 9.42. The minimum atomic E-state index is -0.132. The van der Waals surface area contributed by atoms with Crippen molar-refractivity contribution in [3.63, 3.8) is 0 Å². The van der Waals surface area contributed by atoms with Crippen molar-refractivity contribution >= 4 is 5.91 Å². The van der Waals surface area contributed by atoms with Crippen LogP contribution in [0.15, 0.2) is 18.5 Å². The van der Waals surface area contributed by atoms with Crippen molar-refractivity contribution in [1.29, 1.82) is 0 Å². The molecule has 1 aromatic rings. The summed E-state index contributed by atoms with van der Waals surface area (Å²) in [6.07, 6.45) is 4.92. The summed E-state index contributed by atoms with van der Waals surface area (Å²) in [6.45, 7) is 0. The largest absolute Gasteiger partial charge is 0.505 e. The summed E-state index contributed by atoms with van der Waals surface area (Å²) in [7, 11) is 1.76. The molecule has 2 rings (SSSR count). The van der Waals surface area contributed by atoms with Crippen LogP contribution in [0.5, 0.6) is 5.75 Å². The average Bonchev–Trinajstić information content (AvgIpc) is 3.00. The summed E-state index contributed by atoms with van der Waals surface area (Å²) in [5.41, 5.74) is 0.328. The summed E-state index contributed by atoms with van der Waals surface area (Å²) < 4.78 is 0. The van der Waals surface area contributed by atoms with Crippen LogP contribution in [0.25, 0.3) is 0 Å². The molecule has 74 valence electrons. The molecule has 0 bridgehead atoms. The SMILES string of the molecule is CN(C(=O)c1ccncc1O)C1CC1. The molecule has 0 saturated heterocycles. The third-order valence-electron chi connectivity index (χ3n) is 2.45. The van der Waals surface area contributed by atoms with E-state index in [1.807, 2.05) is 0 Å². The minimum Gasteiger partial charge on any atom is -0.505 e. The van der Waals surface area contributed by atoms with Crippen molar-refractivity contribution < 1.29 is 9.90 Å². The highest BCUT2D eigenvalue weighted by Crippen LogP contribution is 2.28. The first kappa shape index (κ1) is 8.99. The molecular weight excluding hydrogens is 180 g/mol. The van der Waals surface area contributed by atoms with E-state index >= 15 is 0 Å². The summed E-state index contributed by atoms with van der Waals surface area (Å²) in [6, 6.07) is 1.89. The van der Waals surface area contributed by atoms with Gasteiger partial charge in [0.25, 0.3) is 5.91 Å². The topological polar surface area (TPSA) is 53.4 Å². The molecule has 4 heteroatoms. The van der Waals surface area contributed by atoms with E-state index in [1.165, 1.54) is 18.5 Å². The van der Waals surface area contributed by atoms with Crippen LogP contribution in [0.2, 0.25) is 0 Å². The Morgan fingerprint density at radius 2 is 2.36 bits per heavy atom. The number of amides is 1. The van der Waals surface area contributed by atoms with Crippen LogP contribution in [0.1, 0.15) is 23.2 Å². The predicted molar refractivity (Wildman–Crippen MR) is 51.0 cm³/mol. The molecule has 1 amide bonds. The number of hydrogen-bond acceptors (Lipinski definition) is 3. The van der Waals surface area contributed by atoms with Crippen molar-refractivity contribution in [2.75, 3.05) is 7.05 Å². The van der Waals surface area contributed by atoms with Gasteiger partial charge in [0, 0.05) is 19.3 Å². The summed E-state index contributed by atoms with van der Waals surface area (Å²) in [4.78, 5) is 17.2. The fourth-order valence-corrected chi connectivity index (χ4v) is 1.38. The minimum absolute atomic E-state index is 0.0509. The van der Waals surface area contributed by atoms with E-state index in [9.17, 15) is 9.90 Å². The van der Waals surface area contributed by atoms with Gasteiger partial charge in [0.15, 0.2) is 0 Å². The van der Waals surface area contributed by atoms with Gasteiger partial charge in [-0.25, -0.2) is 0 Å². The Labute approximate surface area is 82.2 Å². The summed E-state index contributed by atoms with van der Waals surface area (Å²) >= 11 is 0. The second kappa shape index (κ2) is 3.29. The van der Waals surface area contributed by atoms with Gasteiger partial charge in [0.1, 0.15) is 5.75 Å². The van der Waals surface area contributed by atoms with Gasteiger partial charge in [-0.2, -0.15) is 0 Å². The number of hydrogen-bond donors (Lipinski definition) is 1. The molecule has 14 heavy (non-hydrogen) atoms. The highest BCUT2D eigenvalue weighted by atomic mass is 16.3. The highest BCUT2D eigenvalue weighted by molar-refractivity contribution is 5.96. The third-order valence-corrected chi connectivity index (χ3v) is 2.45. The molecule has 0 radical (unpaired) electrons. The van der Waals surface area contributed by atoms with Crippen molar-refractivity contribution in [3.05, 3.63) is 24.0 Å². The zero-order valence-electron chi connectivity index (χ0n) is 7.97. The molecule has 1 aromatic heterocycles. The molecule has 0 aliphatic heterocycles. The predicted octanol–water partition coefficient (Wildman–Crippen LogP) is 1.02. The van der Waals surface area contributed by atoms with E-state index in [2.05, 4.69) is 4.98 Å². The molecule has 0 spiro atoms. The first-order chi connectivity index (χ1) is 6.70. The lowest BCUT2D eigenvalue weighted by Gasteiger charge is -2.16. The maximum absolute atomic E-state index is 11.8. The number of rotatable bonds is 2. The van der Waals surface area contributed by atoms with Gasteiger partial charge in [-0.1, -0.05) is 0 Å². The number of aromatic hydroxyl groups is 1. The Balaban J connectivity index is 2.21. The lowest BCUT2D eigenvalue weighted by Crippen LogP contribution is -2.28. The Kier molecular flexibility index (Phi) is 2.11. The van der Waals surface area contributed by atoms with Crippen LogP contribution in [0.4, 0.5) is 0 Å². The van der Waals surface area contributed by atoms with Crippen LogP contribution in [-0.4, -0.2) is 34.0 Å². The van der Waals surface area contributed by atoms with Crippen molar-refractivity contribution in [3.8, 4) is 5.75 Å². The average molecular weight is 192 g/mol. The monoisotopic (exact) mass is 192 g/mol. The van der Waals surface area contributed by atoms with Gasteiger partial charge in [-0.15, -0.1) is 0 Å². The van der Waals surface area contributed by atoms with E-state index in [0.29, 0.717) is 11.6 Å². The smallest absolute Gasteiger partial charge is 0.257 e. The Morgan fingerprint density at radius 3 is 2.93 bits per heavy atom. The molecule has 1 saturated carbocycles. The lowest BCUT2D eigenvalue weighted by atomic mass is 10.2. The second-order valence-corrected chi connectivity index (χ2v) is 3.54. The number of carbonyl (C=O) groups excluding carboxylic acids is 1. The molecule has 1 aliphatic rings. The van der Waals surface area contributed by atoms with Crippen LogP contribution in [0, 0.1) is 0 Å². The molecule has 1 aliphatic carbocycles. The number of nitrogens with zero attached hydrogens (tertiary/aromatic N) is 2. The fourth-order valence-electron chi connectivity index (χ4n) is 1.38. The molecule has 1 heterocycles. The van der Waals surface area contributed by atoms with E-state index in [0.717, 1.165) is 12.8 Å². The van der Waals surface area contributed by atoms with Crippen LogP contribution < -0.4 is 0 Å². The van der Waals surface area contributed by atoms with E-state index in [1.54, 1.807) is 11.9 Å². The molecular formula is C10H12N2O2. The van der Waals surface area contributed by atoms with Crippen LogP contribution in [0.3, 0.4) is 0 Å². The molecule has 0 unspecified atom stereocenters. The van der Waals surface area contributed by atoms with Crippen LogP contribution in [-0.2, 0) is 0 Å². The standard InChI is InChI=1S/C10H12N2O2/c1-12(7-2-3-7)10(14)8-4-5-11-6-9(8)13/h4-7,13H,2-3H2,1H3. The molecule has 1 fully saturated rings. The van der Waals surface area contributed by atoms with E-state index in [4.69, 9.17) is 0 Å². The molecule has 0 aromatic carbocycles. The van der Waals surface area contributed by atoms with Crippen molar-refractivity contribution in [2.24, 2.45) is 0 Å². The Morgan fingerprint density at radius 1 is 1.64 bits per heavy atom. The summed E-state index contributed by atoms with van der Waals surface area (Å²) in [5.74, 6) is -0.183. The Hall–Kier alpha value is -1.58. The van der Waals surface area contributed by atoms with Crippen molar-refractivity contribution in [1.82, 2.24) is 9.88 Å². The first-order valence-corrected chi connectivity index (χ1v) is 4.60. The number of carbonyl (C=O) groups is 1. The first-order valence-electron chi connectivity index (χ1n) is 4.60. The van der Waals surface area contributed by atoms with Gasteiger partial charge in [-0.05, 0) is 18.9 Å². The molecule has 0 atom stereocenters. The van der Waals surface area contributed by atoms with Gasteiger partial charge in [0.2, 0.25) is 0 Å². The third kappa shape index (κ3) is 1.55. The zero-order valence-corrected chi connectivity index (χ0v) is 7.97. The van der Waals surface area contributed by atoms with Gasteiger partial charge in [0.05, 0.1) is 11.8 Å². The quantitative estimate of drug-likeness (QED) is 0.761. The fraction of sp³-hybridized carbons (Fsp3) is 0.400. The van der Waals surface area contributed by atoms with Crippen molar-refractivity contribution in [2.45, 2.75) is 18.9 Å². The maximum atomic E-state index is 11.8. The number of pyridine rings is 1. The highest BCUT2D eigenvalue weighted by Gasteiger charge is 2.30. The van der Waals surface area contributed by atoms with Crippen LogP contribution >= 0.6 is 0 Å².